The van der Waals surface area contributed by atoms with Crippen molar-refractivity contribution in [2.24, 2.45) is 0 Å². The van der Waals surface area contributed by atoms with Gasteiger partial charge in [-0.1, -0.05) is 61.4 Å². The molecule has 0 amide bonds. The van der Waals surface area contributed by atoms with E-state index in [9.17, 15) is 0 Å². The molecule has 3 nitrogen and oxygen atoms in total. The van der Waals surface area contributed by atoms with Crippen molar-refractivity contribution >= 4 is 23.8 Å². The third-order valence-electron chi connectivity index (χ3n) is 3.86. The van der Waals surface area contributed by atoms with Crippen molar-refractivity contribution < 1.29 is 4.74 Å². The average molecular weight is 353 g/mol. The number of hydrogen-bond donors (Lipinski definition) is 0. The Bertz CT molecular complexity index is 810. The largest absolute Gasteiger partial charge is 0.470 e. The molecule has 0 bridgehead atoms. The Morgan fingerprint density at radius 2 is 1.92 bits per heavy atom. The highest BCUT2D eigenvalue weighted by atomic mass is 35.5. The van der Waals surface area contributed by atoms with Gasteiger partial charge >= 0.3 is 0 Å². The Kier molecular flexibility index (Phi) is 5.91. The van der Waals surface area contributed by atoms with Crippen molar-refractivity contribution in [3.05, 3.63) is 83.4 Å². The molecule has 3 aromatic rings. The van der Waals surface area contributed by atoms with Gasteiger partial charge in [0.15, 0.2) is 6.23 Å². The van der Waals surface area contributed by atoms with Crippen molar-refractivity contribution in [3.63, 3.8) is 0 Å². The second-order valence-corrected chi connectivity index (χ2v) is 6.26. The zero-order valence-electron chi connectivity index (χ0n) is 14.2. The Hall–Kier alpha value is -2.52. The first-order valence-electron chi connectivity index (χ1n) is 8.42. The van der Waals surface area contributed by atoms with Gasteiger partial charge in [0.05, 0.1) is 6.33 Å². The van der Waals surface area contributed by atoms with E-state index in [1.807, 2.05) is 65.4 Å². The summed E-state index contributed by atoms with van der Waals surface area (Å²) in [5.74, 6) is 0.854. The van der Waals surface area contributed by atoms with E-state index in [2.05, 4.69) is 18.0 Å². The van der Waals surface area contributed by atoms with Crippen LogP contribution in [0.2, 0.25) is 5.02 Å². The molecule has 4 heteroatoms. The van der Waals surface area contributed by atoms with E-state index in [1.165, 1.54) is 0 Å². The molecule has 0 fully saturated rings. The van der Waals surface area contributed by atoms with Gasteiger partial charge in [-0.05, 0) is 35.4 Å². The summed E-state index contributed by atoms with van der Waals surface area (Å²) >= 11 is 6.01. The van der Waals surface area contributed by atoms with Crippen molar-refractivity contribution in [2.75, 3.05) is 0 Å². The van der Waals surface area contributed by atoms with Gasteiger partial charge in [0.25, 0.3) is 0 Å². The molecule has 3 rings (SSSR count). The monoisotopic (exact) mass is 352 g/mol. The Balaban J connectivity index is 1.67. The normalized spacial score (nSPS) is 12.4. The second kappa shape index (κ2) is 8.54. The Labute approximate surface area is 153 Å². The number of hydrogen-bond acceptors (Lipinski definition) is 2. The molecule has 0 spiro atoms. The van der Waals surface area contributed by atoms with Crippen LogP contribution < -0.4 is 4.74 Å². The van der Waals surface area contributed by atoms with Gasteiger partial charge in [-0.2, -0.15) is 0 Å². The Morgan fingerprint density at radius 1 is 1.12 bits per heavy atom. The van der Waals surface area contributed by atoms with Crippen molar-refractivity contribution in [2.45, 2.75) is 26.0 Å². The van der Waals surface area contributed by atoms with Crippen LogP contribution in [0, 0.1) is 0 Å². The van der Waals surface area contributed by atoms with E-state index < -0.39 is 0 Å². The number of ether oxygens (including phenoxy) is 1. The lowest BCUT2D eigenvalue weighted by molar-refractivity contribution is 0.121. The Morgan fingerprint density at radius 3 is 2.60 bits per heavy atom. The third-order valence-corrected chi connectivity index (χ3v) is 4.10. The number of nitrogens with zero attached hydrogens (tertiary/aromatic N) is 2. The van der Waals surface area contributed by atoms with Gasteiger partial charge in [-0.15, -0.1) is 0 Å². The molecule has 0 aliphatic rings. The number of imidazole rings is 1. The maximum Gasteiger partial charge on any atom is 0.176 e. The maximum absolute atomic E-state index is 6.11. The van der Waals surface area contributed by atoms with Crippen LogP contribution in [0.3, 0.4) is 0 Å². The van der Waals surface area contributed by atoms with Crippen LogP contribution >= 0.6 is 11.6 Å². The highest BCUT2D eigenvalue weighted by Crippen LogP contribution is 2.22. The highest BCUT2D eigenvalue weighted by Gasteiger charge is 2.10. The number of aromatic nitrogens is 2. The van der Waals surface area contributed by atoms with Crippen LogP contribution in [-0.2, 0) is 0 Å². The highest BCUT2D eigenvalue weighted by molar-refractivity contribution is 6.30. The molecule has 0 saturated carbocycles. The second-order valence-electron chi connectivity index (χ2n) is 5.83. The predicted molar refractivity (Wildman–Crippen MR) is 104 cm³/mol. The first kappa shape index (κ1) is 17.3. The zero-order chi connectivity index (χ0) is 17.5. The summed E-state index contributed by atoms with van der Waals surface area (Å²) in [6.45, 7) is 2.15. The van der Waals surface area contributed by atoms with Crippen LogP contribution in [0.4, 0.5) is 0 Å². The summed E-state index contributed by atoms with van der Waals surface area (Å²) in [5, 5.41) is 0.743. The summed E-state index contributed by atoms with van der Waals surface area (Å²) in [6.07, 6.45) is 11.6. The summed E-state index contributed by atoms with van der Waals surface area (Å²) in [7, 11) is 0. The fourth-order valence-corrected chi connectivity index (χ4v) is 2.77. The minimum Gasteiger partial charge on any atom is -0.470 e. The predicted octanol–water partition coefficient (Wildman–Crippen LogP) is 6.08. The van der Waals surface area contributed by atoms with Crippen LogP contribution in [0.5, 0.6) is 5.75 Å². The van der Waals surface area contributed by atoms with Crippen LogP contribution in [0.15, 0.2) is 67.3 Å². The van der Waals surface area contributed by atoms with Gasteiger partial charge in [-0.25, -0.2) is 4.98 Å². The summed E-state index contributed by atoms with van der Waals surface area (Å²) < 4.78 is 8.11. The third kappa shape index (κ3) is 4.97. The van der Waals surface area contributed by atoms with Crippen molar-refractivity contribution in [1.29, 1.82) is 0 Å². The number of halogens is 1. The van der Waals surface area contributed by atoms with Crippen molar-refractivity contribution in [1.82, 2.24) is 9.55 Å². The molecular formula is C21H21ClN2O. The van der Waals surface area contributed by atoms with Gasteiger partial charge in [0.2, 0.25) is 0 Å². The first-order chi connectivity index (χ1) is 12.2. The first-order valence-corrected chi connectivity index (χ1v) is 8.80. The van der Waals surface area contributed by atoms with Gasteiger partial charge in [0, 0.05) is 23.8 Å². The zero-order valence-corrected chi connectivity index (χ0v) is 14.9. The van der Waals surface area contributed by atoms with E-state index in [0.29, 0.717) is 0 Å². The molecule has 0 saturated heterocycles. The number of rotatable bonds is 7. The molecule has 1 heterocycles. The summed E-state index contributed by atoms with van der Waals surface area (Å²) in [6, 6.07) is 15.9. The SMILES string of the molecule is CCCC(Oc1ccc(/C=C/c2cccc(Cl)c2)cc1)n1ccnc1. The molecule has 25 heavy (non-hydrogen) atoms. The van der Waals surface area contributed by atoms with Gasteiger partial charge < -0.3 is 9.30 Å². The molecule has 1 aromatic heterocycles. The summed E-state index contributed by atoms with van der Waals surface area (Å²) in [5.41, 5.74) is 2.19. The van der Waals surface area contributed by atoms with Crippen molar-refractivity contribution in [3.8, 4) is 5.75 Å². The van der Waals surface area contributed by atoms with Gasteiger partial charge in [0.1, 0.15) is 5.75 Å². The topological polar surface area (TPSA) is 27.1 Å². The lowest BCUT2D eigenvalue weighted by atomic mass is 10.1. The molecule has 128 valence electrons. The van der Waals surface area contributed by atoms with Gasteiger partial charge in [-0.3, -0.25) is 0 Å². The maximum atomic E-state index is 6.11. The summed E-state index contributed by atoms with van der Waals surface area (Å²) in [4.78, 5) is 4.10. The molecule has 1 atom stereocenters. The van der Waals surface area contributed by atoms with E-state index in [1.54, 1.807) is 12.5 Å². The molecule has 1 unspecified atom stereocenters. The van der Waals surface area contributed by atoms with E-state index in [-0.39, 0.29) is 6.23 Å². The lowest BCUT2D eigenvalue weighted by Gasteiger charge is -2.19. The van der Waals surface area contributed by atoms with Crippen LogP contribution in [-0.4, -0.2) is 9.55 Å². The van der Waals surface area contributed by atoms with E-state index in [0.717, 1.165) is 34.7 Å². The molecule has 0 radical (unpaired) electrons. The molecule has 0 N–H and O–H groups in total. The smallest absolute Gasteiger partial charge is 0.176 e. The molecule has 0 aliphatic carbocycles. The quantitative estimate of drug-likeness (QED) is 0.481. The number of benzene rings is 2. The van der Waals surface area contributed by atoms with Crippen LogP contribution in [0.1, 0.15) is 37.1 Å². The molecule has 0 aliphatic heterocycles. The minimum atomic E-state index is -0.0275. The average Bonchev–Trinajstić information content (AvgIpc) is 3.15. The molecular weight excluding hydrogens is 332 g/mol. The minimum absolute atomic E-state index is 0.0275. The molecule has 2 aromatic carbocycles. The fourth-order valence-electron chi connectivity index (χ4n) is 2.57. The lowest BCUT2D eigenvalue weighted by Crippen LogP contribution is -2.14. The van der Waals surface area contributed by atoms with E-state index in [4.69, 9.17) is 16.3 Å². The standard InChI is InChI=1S/C21H21ClN2O/c1-2-4-21(24-14-13-23-16-24)25-20-11-9-17(10-12-20)7-8-18-5-3-6-19(22)15-18/h3,5-16,21H,2,4H2,1H3/b8-7+. The van der Waals surface area contributed by atoms with Crippen LogP contribution in [0.25, 0.3) is 12.2 Å². The fraction of sp³-hybridized carbons (Fsp3) is 0.190. The van der Waals surface area contributed by atoms with E-state index >= 15 is 0 Å².